The van der Waals surface area contributed by atoms with Gasteiger partial charge in [0.05, 0.1) is 0 Å². The van der Waals surface area contributed by atoms with Crippen LogP contribution in [-0.4, -0.2) is 12.6 Å². The molecule has 0 amide bonds. The number of hydrogen-bond acceptors (Lipinski definition) is 3. The van der Waals surface area contributed by atoms with Crippen molar-refractivity contribution in [3.8, 4) is 17.1 Å². The monoisotopic (exact) mass is 460 g/mol. The van der Waals surface area contributed by atoms with E-state index in [9.17, 15) is 18.0 Å². The number of benzene rings is 1. The fourth-order valence-electron chi connectivity index (χ4n) is 1.53. The van der Waals surface area contributed by atoms with E-state index in [1.165, 1.54) is 18.2 Å². The number of alkyl halides is 3. The summed E-state index contributed by atoms with van der Waals surface area (Å²) >= 11 is 5.04. The quantitative estimate of drug-likeness (QED) is 0.476. The molecule has 0 bridgehead atoms. The van der Waals surface area contributed by atoms with Crippen LogP contribution < -0.4 is 4.74 Å². The Kier molecular flexibility index (Phi) is 4.43. The van der Waals surface area contributed by atoms with Crippen molar-refractivity contribution in [3.63, 3.8) is 0 Å². The molecule has 0 aliphatic heterocycles. The van der Waals surface area contributed by atoms with Crippen molar-refractivity contribution in [3.05, 3.63) is 38.1 Å². The zero-order chi connectivity index (χ0) is 14.9. The van der Waals surface area contributed by atoms with Crippen molar-refractivity contribution in [2.45, 2.75) is 6.36 Å². The molecule has 0 spiro atoms. The van der Waals surface area contributed by atoms with Crippen LogP contribution in [-0.2, 0) is 0 Å². The molecule has 106 valence electrons. The molecule has 1 aromatic carbocycles. The van der Waals surface area contributed by atoms with Gasteiger partial charge in [-0.2, -0.15) is 0 Å². The molecular weight excluding hydrogens is 456 g/mol. The summed E-state index contributed by atoms with van der Waals surface area (Å²) in [4.78, 5) is 10.6. The smallest absolute Gasteiger partial charge is 0.453 e. The van der Waals surface area contributed by atoms with Crippen LogP contribution in [0.5, 0.6) is 5.75 Å². The second kappa shape index (κ2) is 5.76. The lowest BCUT2D eigenvalue weighted by molar-refractivity contribution is -0.274. The Morgan fingerprint density at radius 2 is 2.00 bits per heavy atom. The standard InChI is InChI=1S/C12H5BrF3IO3/c13-8-3-7(20-12(14,15)16)4-9(17)11(8)10-2-1-6(5-18)19-10/h1-5H. The molecule has 1 aromatic heterocycles. The highest BCUT2D eigenvalue weighted by atomic mass is 127. The fourth-order valence-corrected chi connectivity index (χ4v) is 3.40. The molecule has 0 aliphatic rings. The van der Waals surface area contributed by atoms with Gasteiger partial charge in [0.1, 0.15) is 11.5 Å². The van der Waals surface area contributed by atoms with Crippen molar-refractivity contribution in [1.29, 1.82) is 0 Å². The van der Waals surface area contributed by atoms with Gasteiger partial charge in [-0.3, -0.25) is 4.79 Å². The number of aldehydes is 1. The molecule has 0 radical (unpaired) electrons. The maximum atomic E-state index is 12.2. The van der Waals surface area contributed by atoms with E-state index in [-0.39, 0.29) is 11.5 Å². The first-order valence-corrected chi connectivity index (χ1v) is 6.97. The molecule has 2 aromatic rings. The molecule has 0 saturated carbocycles. The zero-order valence-electron chi connectivity index (χ0n) is 9.50. The zero-order valence-corrected chi connectivity index (χ0v) is 13.2. The van der Waals surface area contributed by atoms with Crippen LogP contribution in [0.4, 0.5) is 13.2 Å². The van der Waals surface area contributed by atoms with Crippen molar-refractivity contribution in [2.75, 3.05) is 0 Å². The molecule has 0 atom stereocenters. The second-order valence-electron chi connectivity index (χ2n) is 3.63. The van der Waals surface area contributed by atoms with Crippen LogP contribution in [0.15, 0.2) is 33.2 Å². The SMILES string of the molecule is O=Cc1ccc(-c2c(Br)cc(OC(F)(F)F)cc2I)o1. The summed E-state index contributed by atoms with van der Waals surface area (Å²) in [6.45, 7) is 0. The Balaban J connectivity index is 2.43. The minimum absolute atomic E-state index is 0.137. The third kappa shape index (κ3) is 3.54. The van der Waals surface area contributed by atoms with Gasteiger partial charge in [0.25, 0.3) is 0 Å². The third-order valence-electron chi connectivity index (χ3n) is 2.24. The number of halogens is 5. The normalized spacial score (nSPS) is 11.4. The molecule has 0 saturated heterocycles. The van der Waals surface area contributed by atoms with Crippen LogP contribution in [0.3, 0.4) is 0 Å². The molecular formula is C12H5BrF3IO3. The highest BCUT2D eigenvalue weighted by Crippen LogP contribution is 2.38. The minimum atomic E-state index is -4.75. The molecule has 0 unspecified atom stereocenters. The molecule has 1 heterocycles. The van der Waals surface area contributed by atoms with Crippen molar-refractivity contribution < 1.29 is 27.1 Å². The average Bonchev–Trinajstić information content (AvgIpc) is 2.74. The third-order valence-corrected chi connectivity index (χ3v) is 3.71. The summed E-state index contributed by atoms with van der Waals surface area (Å²) < 4.78 is 46.5. The first-order chi connectivity index (χ1) is 9.30. The Labute approximate surface area is 133 Å². The lowest BCUT2D eigenvalue weighted by atomic mass is 10.2. The highest BCUT2D eigenvalue weighted by Gasteiger charge is 2.31. The lowest BCUT2D eigenvalue weighted by Crippen LogP contribution is -2.17. The Bertz CT molecular complexity index is 629. The maximum absolute atomic E-state index is 12.2. The van der Waals surface area contributed by atoms with Gasteiger partial charge in [0, 0.05) is 13.6 Å². The molecule has 2 rings (SSSR count). The summed E-state index contributed by atoms with van der Waals surface area (Å²) in [6, 6.07) is 5.46. The second-order valence-corrected chi connectivity index (χ2v) is 5.65. The van der Waals surface area contributed by atoms with Crippen molar-refractivity contribution in [1.82, 2.24) is 0 Å². The van der Waals surface area contributed by atoms with Gasteiger partial charge < -0.3 is 9.15 Å². The van der Waals surface area contributed by atoms with E-state index in [1.807, 2.05) is 22.6 Å². The average molecular weight is 461 g/mol. The summed E-state index contributed by atoms with van der Waals surface area (Å²) in [7, 11) is 0. The molecule has 0 aliphatic carbocycles. The Morgan fingerprint density at radius 1 is 1.30 bits per heavy atom. The summed E-state index contributed by atoms with van der Waals surface area (Å²) in [6.07, 6.45) is -4.20. The van der Waals surface area contributed by atoms with E-state index in [4.69, 9.17) is 4.42 Å². The first kappa shape index (κ1) is 15.4. The number of carbonyl (C=O) groups is 1. The van der Waals surface area contributed by atoms with Crippen LogP contribution in [0.25, 0.3) is 11.3 Å². The minimum Gasteiger partial charge on any atom is -0.453 e. The van der Waals surface area contributed by atoms with E-state index in [1.54, 1.807) is 6.07 Å². The van der Waals surface area contributed by atoms with Crippen molar-refractivity contribution in [2.24, 2.45) is 0 Å². The molecule has 20 heavy (non-hydrogen) atoms. The van der Waals surface area contributed by atoms with Crippen LogP contribution in [0.1, 0.15) is 10.6 Å². The van der Waals surface area contributed by atoms with E-state index in [0.29, 0.717) is 25.7 Å². The summed E-state index contributed by atoms with van der Waals surface area (Å²) in [5, 5.41) is 0. The van der Waals surface area contributed by atoms with Gasteiger partial charge in [0.15, 0.2) is 12.0 Å². The number of furan rings is 1. The van der Waals surface area contributed by atoms with E-state index >= 15 is 0 Å². The van der Waals surface area contributed by atoms with Gasteiger partial charge in [-0.05, 0) is 62.8 Å². The van der Waals surface area contributed by atoms with Gasteiger partial charge in [-0.1, -0.05) is 0 Å². The predicted octanol–water partition coefficient (Wildman–Crippen LogP) is 5.02. The van der Waals surface area contributed by atoms with Gasteiger partial charge in [-0.25, -0.2) is 0 Å². The van der Waals surface area contributed by atoms with E-state index in [0.717, 1.165) is 0 Å². The van der Waals surface area contributed by atoms with Gasteiger partial charge in [-0.15, -0.1) is 13.2 Å². The van der Waals surface area contributed by atoms with Crippen LogP contribution in [0, 0.1) is 3.57 Å². The number of ether oxygens (including phenoxy) is 1. The first-order valence-electron chi connectivity index (χ1n) is 5.10. The summed E-state index contributed by atoms with van der Waals surface area (Å²) in [5.41, 5.74) is 0.549. The van der Waals surface area contributed by atoms with Crippen LogP contribution in [0.2, 0.25) is 0 Å². The molecule has 3 nitrogen and oxygen atoms in total. The topological polar surface area (TPSA) is 39.4 Å². The van der Waals surface area contributed by atoms with Gasteiger partial charge >= 0.3 is 6.36 Å². The van der Waals surface area contributed by atoms with E-state index < -0.39 is 6.36 Å². The number of rotatable bonds is 3. The fraction of sp³-hybridized carbons (Fsp3) is 0.0833. The molecule has 8 heteroatoms. The maximum Gasteiger partial charge on any atom is 0.573 e. The van der Waals surface area contributed by atoms with E-state index in [2.05, 4.69) is 20.7 Å². The van der Waals surface area contributed by atoms with Crippen LogP contribution >= 0.6 is 38.5 Å². The lowest BCUT2D eigenvalue weighted by Gasteiger charge is -2.12. The predicted molar refractivity (Wildman–Crippen MR) is 76.6 cm³/mol. The molecule has 0 fully saturated rings. The summed E-state index contributed by atoms with van der Waals surface area (Å²) in [5.74, 6) is 0.181. The van der Waals surface area contributed by atoms with Gasteiger partial charge in [0.2, 0.25) is 0 Å². The molecule has 0 N–H and O–H groups in total. The number of hydrogen-bond donors (Lipinski definition) is 0. The Morgan fingerprint density at radius 3 is 2.50 bits per heavy atom. The van der Waals surface area contributed by atoms with Crippen molar-refractivity contribution >= 4 is 44.8 Å². The highest BCUT2D eigenvalue weighted by molar-refractivity contribution is 14.1. The number of carbonyl (C=O) groups excluding carboxylic acids is 1. The largest absolute Gasteiger partial charge is 0.573 e. The Hall–Kier alpha value is -1.03.